The molecule has 2 fully saturated rings. The van der Waals surface area contributed by atoms with Gasteiger partial charge in [-0.3, -0.25) is 9.69 Å². The first-order valence-corrected chi connectivity index (χ1v) is 11.9. The molecule has 0 saturated carbocycles. The number of carbonyl (C=O) groups is 1. The summed E-state index contributed by atoms with van der Waals surface area (Å²) in [5.41, 5.74) is 9.34. The minimum absolute atomic E-state index is 0.0762. The second-order valence-electron chi connectivity index (χ2n) is 10.5. The number of piperidine rings is 2. The lowest BCUT2D eigenvalue weighted by atomic mass is 9.71. The molecule has 2 aromatic rings. The molecule has 2 saturated heterocycles. The topological polar surface area (TPSA) is 71.7 Å². The number of ether oxygens (including phenoxy) is 1. The molecule has 3 aliphatic rings. The molecule has 1 spiro atoms. The van der Waals surface area contributed by atoms with E-state index in [1.54, 1.807) is 18.3 Å². The van der Waals surface area contributed by atoms with Crippen molar-refractivity contribution in [3.8, 4) is 5.75 Å². The van der Waals surface area contributed by atoms with E-state index in [4.69, 9.17) is 10.5 Å². The van der Waals surface area contributed by atoms with Crippen LogP contribution in [0.4, 0.5) is 5.82 Å². The highest BCUT2D eigenvalue weighted by Crippen LogP contribution is 2.43. The maximum atomic E-state index is 12.8. The molecule has 6 heteroatoms. The molecule has 6 nitrogen and oxygen atoms in total. The molecule has 5 rings (SSSR count). The molecule has 1 aromatic carbocycles. The lowest BCUT2D eigenvalue weighted by Gasteiger charge is -2.47. The van der Waals surface area contributed by atoms with E-state index in [1.807, 2.05) is 4.90 Å². The van der Waals surface area contributed by atoms with Crippen molar-refractivity contribution in [3.63, 3.8) is 0 Å². The summed E-state index contributed by atoms with van der Waals surface area (Å²) >= 11 is 0. The van der Waals surface area contributed by atoms with Crippen molar-refractivity contribution >= 4 is 11.7 Å². The van der Waals surface area contributed by atoms with Gasteiger partial charge in [0.1, 0.15) is 17.2 Å². The van der Waals surface area contributed by atoms with Crippen LogP contribution in [0.5, 0.6) is 5.75 Å². The number of nitrogens with two attached hydrogens (primary N) is 1. The van der Waals surface area contributed by atoms with E-state index in [9.17, 15) is 4.79 Å². The summed E-state index contributed by atoms with van der Waals surface area (Å²) in [5, 5.41) is 0. The Labute approximate surface area is 190 Å². The fraction of sp³-hybridized carbons (Fsp3) is 0.538. The van der Waals surface area contributed by atoms with Gasteiger partial charge in [0.25, 0.3) is 5.91 Å². The van der Waals surface area contributed by atoms with Crippen LogP contribution in [0.2, 0.25) is 0 Å². The minimum atomic E-state index is -0.0994. The predicted octanol–water partition coefficient (Wildman–Crippen LogP) is 3.90. The van der Waals surface area contributed by atoms with Crippen molar-refractivity contribution in [2.75, 3.05) is 31.9 Å². The standard InChI is InChI=1S/C26H34N4O2/c1-25(2)17-20-4-3-5-21(23(20)32-25)18-29-12-7-26(8-13-29)9-14-30(15-10-26)24(31)19-6-11-28-22(27)16-19/h3-6,11,16H,7-10,12-15,17-18H2,1-2H3,(H2,27,28). The van der Waals surface area contributed by atoms with Gasteiger partial charge in [0.2, 0.25) is 0 Å². The number of rotatable bonds is 3. The lowest BCUT2D eigenvalue weighted by Crippen LogP contribution is -2.48. The first kappa shape index (κ1) is 21.3. The molecular weight excluding hydrogens is 400 g/mol. The molecule has 170 valence electrons. The van der Waals surface area contributed by atoms with E-state index >= 15 is 0 Å². The Balaban J connectivity index is 1.16. The summed E-state index contributed by atoms with van der Waals surface area (Å²) in [6, 6.07) is 10.0. The zero-order chi connectivity index (χ0) is 22.3. The third-order valence-corrected chi connectivity index (χ3v) is 7.62. The first-order valence-electron chi connectivity index (χ1n) is 11.9. The molecule has 32 heavy (non-hydrogen) atoms. The number of carbonyl (C=O) groups excluding carboxylic acids is 1. The van der Waals surface area contributed by atoms with E-state index in [2.05, 4.69) is 41.9 Å². The Morgan fingerprint density at radius 2 is 1.81 bits per heavy atom. The van der Waals surface area contributed by atoms with Crippen LogP contribution in [0.25, 0.3) is 0 Å². The molecule has 1 aromatic heterocycles. The fourth-order valence-electron chi connectivity index (χ4n) is 5.68. The van der Waals surface area contributed by atoms with Gasteiger partial charge in [-0.1, -0.05) is 18.2 Å². The summed E-state index contributed by atoms with van der Waals surface area (Å²) in [6.45, 7) is 9.18. The Hall–Kier alpha value is -2.60. The number of likely N-dealkylation sites (tertiary alicyclic amines) is 2. The van der Waals surface area contributed by atoms with E-state index in [1.165, 1.54) is 24.0 Å². The predicted molar refractivity (Wildman–Crippen MR) is 126 cm³/mol. The van der Waals surface area contributed by atoms with Gasteiger partial charge in [0.05, 0.1) is 0 Å². The van der Waals surface area contributed by atoms with Crippen LogP contribution in [0, 0.1) is 5.41 Å². The van der Waals surface area contributed by atoms with Gasteiger partial charge in [-0.25, -0.2) is 4.98 Å². The van der Waals surface area contributed by atoms with Crippen molar-refractivity contribution in [1.82, 2.24) is 14.8 Å². The number of nitrogen functional groups attached to an aromatic ring is 1. The van der Waals surface area contributed by atoms with Crippen molar-refractivity contribution in [1.29, 1.82) is 0 Å². The number of pyridine rings is 1. The number of hydrogen-bond acceptors (Lipinski definition) is 5. The van der Waals surface area contributed by atoms with Gasteiger partial charge in [0, 0.05) is 43.4 Å². The molecular formula is C26H34N4O2. The molecule has 0 bridgehead atoms. The summed E-state index contributed by atoms with van der Waals surface area (Å²) in [7, 11) is 0. The number of amides is 1. The zero-order valence-corrected chi connectivity index (χ0v) is 19.3. The number of nitrogens with zero attached hydrogens (tertiary/aromatic N) is 3. The van der Waals surface area contributed by atoms with E-state index < -0.39 is 0 Å². The quantitative estimate of drug-likeness (QED) is 0.793. The average molecular weight is 435 g/mol. The van der Waals surface area contributed by atoms with Crippen LogP contribution in [0.3, 0.4) is 0 Å². The second kappa shape index (κ2) is 8.07. The Bertz CT molecular complexity index is 1000. The van der Waals surface area contributed by atoms with Gasteiger partial charge in [0.15, 0.2) is 0 Å². The summed E-state index contributed by atoms with van der Waals surface area (Å²) in [5.74, 6) is 1.59. The summed E-state index contributed by atoms with van der Waals surface area (Å²) < 4.78 is 6.28. The molecule has 2 N–H and O–H groups in total. The molecule has 4 heterocycles. The van der Waals surface area contributed by atoms with Gasteiger partial charge in [-0.15, -0.1) is 0 Å². The summed E-state index contributed by atoms with van der Waals surface area (Å²) in [4.78, 5) is 21.4. The number of fused-ring (bicyclic) bond motifs is 1. The molecule has 0 radical (unpaired) electrons. The average Bonchev–Trinajstić information content (AvgIpc) is 3.10. The third-order valence-electron chi connectivity index (χ3n) is 7.62. The number of aromatic nitrogens is 1. The fourth-order valence-corrected chi connectivity index (χ4v) is 5.68. The van der Waals surface area contributed by atoms with Gasteiger partial charge >= 0.3 is 0 Å². The van der Waals surface area contributed by atoms with Crippen molar-refractivity contribution in [2.45, 2.75) is 58.1 Å². The van der Waals surface area contributed by atoms with Crippen LogP contribution in [-0.2, 0) is 13.0 Å². The van der Waals surface area contributed by atoms with Crippen molar-refractivity contribution in [3.05, 3.63) is 53.2 Å². The number of para-hydroxylation sites is 1. The van der Waals surface area contributed by atoms with Crippen LogP contribution in [0.15, 0.2) is 36.5 Å². The highest BCUT2D eigenvalue weighted by atomic mass is 16.5. The maximum Gasteiger partial charge on any atom is 0.254 e. The number of anilines is 1. The van der Waals surface area contributed by atoms with E-state index in [0.29, 0.717) is 16.8 Å². The maximum absolute atomic E-state index is 12.8. The van der Waals surface area contributed by atoms with E-state index in [0.717, 1.165) is 57.7 Å². The Kier molecular flexibility index (Phi) is 5.36. The molecule has 0 unspecified atom stereocenters. The minimum Gasteiger partial charge on any atom is -0.487 e. The van der Waals surface area contributed by atoms with Crippen LogP contribution in [-0.4, -0.2) is 52.5 Å². The molecule has 1 amide bonds. The third kappa shape index (κ3) is 4.20. The largest absolute Gasteiger partial charge is 0.487 e. The van der Waals surface area contributed by atoms with Crippen LogP contribution in [0.1, 0.15) is 61.0 Å². The Morgan fingerprint density at radius 1 is 1.09 bits per heavy atom. The first-order chi connectivity index (χ1) is 15.3. The van der Waals surface area contributed by atoms with Gasteiger partial charge in [-0.2, -0.15) is 0 Å². The Morgan fingerprint density at radius 3 is 2.53 bits per heavy atom. The van der Waals surface area contributed by atoms with Gasteiger partial charge < -0.3 is 15.4 Å². The molecule has 0 atom stereocenters. The van der Waals surface area contributed by atoms with Crippen LogP contribution < -0.4 is 10.5 Å². The number of hydrogen-bond donors (Lipinski definition) is 1. The van der Waals surface area contributed by atoms with Crippen LogP contribution >= 0.6 is 0 Å². The SMILES string of the molecule is CC1(C)Cc2cccc(CN3CCC4(CC3)CCN(C(=O)c3ccnc(N)c3)CC4)c2O1. The van der Waals surface area contributed by atoms with E-state index in [-0.39, 0.29) is 11.5 Å². The smallest absolute Gasteiger partial charge is 0.254 e. The number of benzene rings is 1. The van der Waals surface area contributed by atoms with Gasteiger partial charge in [-0.05, 0) is 75.7 Å². The molecule has 3 aliphatic heterocycles. The second-order valence-corrected chi connectivity index (χ2v) is 10.5. The monoisotopic (exact) mass is 434 g/mol. The van der Waals surface area contributed by atoms with Crippen molar-refractivity contribution < 1.29 is 9.53 Å². The normalized spacial score (nSPS) is 21.9. The highest BCUT2D eigenvalue weighted by molar-refractivity contribution is 5.94. The van der Waals surface area contributed by atoms with Crippen molar-refractivity contribution in [2.24, 2.45) is 5.41 Å². The summed E-state index contributed by atoms with van der Waals surface area (Å²) in [6.07, 6.45) is 7.19. The highest BCUT2D eigenvalue weighted by Gasteiger charge is 2.39. The zero-order valence-electron chi connectivity index (χ0n) is 19.3. The lowest BCUT2D eigenvalue weighted by molar-refractivity contribution is 0.0282. The molecule has 0 aliphatic carbocycles.